The molecule has 0 saturated carbocycles. The van der Waals surface area contributed by atoms with Gasteiger partial charge in [0.15, 0.2) is 0 Å². The topological polar surface area (TPSA) is 58.2 Å². The molecule has 1 unspecified atom stereocenters. The minimum absolute atomic E-state index is 0.0136. The van der Waals surface area contributed by atoms with Gasteiger partial charge in [0.05, 0.1) is 11.7 Å². The van der Waals surface area contributed by atoms with Crippen LogP contribution in [0.25, 0.3) is 11.3 Å². The van der Waals surface area contributed by atoms with Crippen molar-refractivity contribution in [1.29, 1.82) is 0 Å². The van der Waals surface area contributed by atoms with E-state index in [2.05, 4.69) is 53.5 Å². The molecule has 2 heterocycles. The maximum absolute atomic E-state index is 13.3. The second-order valence-electron chi connectivity index (χ2n) is 8.78. The van der Waals surface area contributed by atoms with Crippen LogP contribution in [0.4, 0.5) is 0 Å². The van der Waals surface area contributed by atoms with Gasteiger partial charge in [-0.2, -0.15) is 5.10 Å². The molecule has 0 spiro atoms. The lowest BCUT2D eigenvalue weighted by atomic mass is 9.95. The molecule has 166 valence electrons. The van der Waals surface area contributed by atoms with Crippen molar-refractivity contribution in [1.82, 2.24) is 15.1 Å². The molecule has 4 aromatic rings. The Labute approximate surface area is 194 Å². The minimum atomic E-state index is -0.203. The molecule has 0 saturated heterocycles. The van der Waals surface area contributed by atoms with E-state index in [9.17, 15) is 4.79 Å². The fourth-order valence-electron chi connectivity index (χ4n) is 4.44. The molecular weight excluding hydrogens is 410 g/mol. The largest absolute Gasteiger partial charge is 0.489 e. The second-order valence-corrected chi connectivity index (χ2v) is 8.78. The zero-order chi connectivity index (χ0) is 22.9. The van der Waals surface area contributed by atoms with E-state index in [4.69, 9.17) is 4.74 Å². The van der Waals surface area contributed by atoms with Crippen molar-refractivity contribution in [2.45, 2.75) is 39.5 Å². The summed E-state index contributed by atoms with van der Waals surface area (Å²) in [6, 6.07) is 26.3. The molecule has 1 aliphatic heterocycles. The summed E-state index contributed by atoms with van der Waals surface area (Å²) in [7, 11) is 0. The number of carbonyl (C=O) groups is 1. The minimum Gasteiger partial charge on any atom is -0.489 e. The molecule has 0 aliphatic carbocycles. The Morgan fingerprint density at radius 2 is 1.67 bits per heavy atom. The van der Waals surface area contributed by atoms with Gasteiger partial charge in [-0.3, -0.25) is 9.89 Å². The third-order valence-corrected chi connectivity index (χ3v) is 6.13. The molecule has 1 amide bonds. The van der Waals surface area contributed by atoms with Crippen LogP contribution in [0.2, 0.25) is 0 Å². The van der Waals surface area contributed by atoms with Gasteiger partial charge in [-0.25, -0.2) is 0 Å². The van der Waals surface area contributed by atoms with Crippen molar-refractivity contribution >= 4 is 5.91 Å². The molecule has 33 heavy (non-hydrogen) atoms. The van der Waals surface area contributed by atoms with Crippen LogP contribution in [0.3, 0.4) is 0 Å². The summed E-state index contributed by atoms with van der Waals surface area (Å²) in [6.07, 6.45) is 0. The van der Waals surface area contributed by atoms with E-state index in [1.807, 2.05) is 61.2 Å². The predicted molar refractivity (Wildman–Crippen MR) is 129 cm³/mol. The van der Waals surface area contributed by atoms with Crippen LogP contribution < -0.4 is 4.74 Å². The molecule has 5 nitrogen and oxygen atoms in total. The number of hydrogen-bond donors (Lipinski definition) is 1. The highest BCUT2D eigenvalue weighted by Crippen LogP contribution is 2.44. The number of fused-ring (bicyclic) bond motifs is 1. The van der Waals surface area contributed by atoms with E-state index in [1.54, 1.807) is 0 Å². The van der Waals surface area contributed by atoms with E-state index in [-0.39, 0.29) is 18.0 Å². The quantitative estimate of drug-likeness (QED) is 0.407. The maximum atomic E-state index is 13.3. The Bertz CT molecular complexity index is 1260. The number of aromatic nitrogens is 2. The molecule has 5 rings (SSSR count). The van der Waals surface area contributed by atoms with E-state index < -0.39 is 0 Å². The van der Waals surface area contributed by atoms with Gasteiger partial charge in [0.1, 0.15) is 18.1 Å². The average molecular weight is 438 g/mol. The van der Waals surface area contributed by atoms with Crippen molar-refractivity contribution in [3.05, 3.63) is 107 Å². The van der Waals surface area contributed by atoms with E-state index in [1.165, 1.54) is 5.56 Å². The third-order valence-electron chi connectivity index (χ3n) is 6.13. The number of ether oxygens (including phenoxy) is 1. The van der Waals surface area contributed by atoms with Gasteiger partial charge in [-0.1, -0.05) is 72.3 Å². The van der Waals surface area contributed by atoms with E-state index >= 15 is 0 Å². The number of nitrogens with one attached hydrogen (secondary N) is 1. The number of aryl methyl sites for hydroxylation is 1. The van der Waals surface area contributed by atoms with Crippen molar-refractivity contribution < 1.29 is 9.53 Å². The fraction of sp³-hybridized carbons (Fsp3) is 0.214. The highest BCUT2D eigenvalue weighted by atomic mass is 16.5. The predicted octanol–water partition coefficient (Wildman–Crippen LogP) is 5.92. The van der Waals surface area contributed by atoms with Gasteiger partial charge in [-0.15, -0.1) is 0 Å². The molecule has 0 fully saturated rings. The molecule has 1 N–H and O–H groups in total. The summed E-state index contributed by atoms with van der Waals surface area (Å²) in [5, 5.41) is 7.56. The molecule has 1 aromatic heterocycles. The highest BCUT2D eigenvalue weighted by Gasteiger charge is 2.43. The van der Waals surface area contributed by atoms with Crippen molar-refractivity contribution in [3.63, 3.8) is 0 Å². The smallest absolute Gasteiger partial charge is 0.273 e. The van der Waals surface area contributed by atoms with Crippen LogP contribution in [-0.2, 0) is 6.61 Å². The number of rotatable bonds is 6. The van der Waals surface area contributed by atoms with Crippen molar-refractivity contribution in [2.24, 2.45) is 0 Å². The van der Waals surface area contributed by atoms with Crippen LogP contribution in [-0.4, -0.2) is 27.0 Å². The summed E-state index contributed by atoms with van der Waals surface area (Å²) >= 11 is 0. The first kappa shape index (κ1) is 21.0. The van der Waals surface area contributed by atoms with Gasteiger partial charge >= 0.3 is 0 Å². The van der Waals surface area contributed by atoms with Crippen LogP contribution in [0.1, 0.15) is 52.6 Å². The second kappa shape index (κ2) is 8.58. The van der Waals surface area contributed by atoms with Gasteiger partial charge < -0.3 is 9.64 Å². The van der Waals surface area contributed by atoms with Crippen molar-refractivity contribution in [2.75, 3.05) is 0 Å². The SMILES string of the molecule is Cc1ccc(-c2n[nH]c3c2C(c2ccc(OCc4ccccc4)cc2)N(C(C)C)C3=O)cc1. The van der Waals surface area contributed by atoms with Gasteiger partial charge in [0.2, 0.25) is 0 Å². The number of hydrogen-bond acceptors (Lipinski definition) is 3. The molecule has 0 bridgehead atoms. The number of carbonyl (C=O) groups excluding carboxylic acids is 1. The standard InChI is InChI=1S/C28H27N3O2/c1-18(2)31-27(22-13-15-23(16-14-22)33-17-20-7-5-4-6-8-20)24-25(29-30-26(24)28(31)32)21-11-9-19(3)10-12-21/h4-16,18,27H,17H2,1-3H3,(H,29,30). The number of H-pyrrole nitrogens is 1. The van der Waals surface area contributed by atoms with Gasteiger partial charge in [0.25, 0.3) is 5.91 Å². The fourth-order valence-corrected chi connectivity index (χ4v) is 4.44. The van der Waals surface area contributed by atoms with E-state index in [0.717, 1.165) is 33.7 Å². The number of amides is 1. The number of benzene rings is 3. The summed E-state index contributed by atoms with van der Waals surface area (Å²) in [5.74, 6) is 0.787. The summed E-state index contributed by atoms with van der Waals surface area (Å²) in [5.41, 5.74) is 6.70. The number of aromatic amines is 1. The Hall–Kier alpha value is -3.86. The first-order valence-electron chi connectivity index (χ1n) is 11.3. The molecule has 3 aromatic carbocycles. The van der Waals surface area contributed by atoms with Crippen molar-refractivity contribution in [3.8, 4) is 17.0 Å². The normalized spacial score (nSPS) is 15.2. The first-order valence-corrected chi connectivity index (χ1v) is 11.3. The average Bonchev–Trinajstić information content (AvgIpc) is 3.38. The molecule has 1 aliphatic rings. The van der Waals surface area contributed by atoms with Gasteiger partial charge in [-0.05, 0) is 44.0 Å². The Kier molecular flexibility index (Phi) is 5.47. The lowest BCUT2D eigenvalue weighted by Gasteiger charge is -2.30. The van der Waals surface area contributed by atoms with Crippen LogP contribution >= 0.6 is 0 Å². The van der Waals surface area contributed by atoms with Gasteiger partial charge in [0, 0.05) is 17.2 Å². The lowest BCUT2D eigenvalue weighted by molar-refractivity contribution is 0.0688. The first-order chi connectivity index (χ1) is 16.0. The summed E-state index contributed by atoms with van der Waals surface area (Å²) < 4.78 is 5.96. The molecular formula is C28H27N3O2. The number of nitrogens with zero attached hydrogens (tertiary/aromatic N) is 2. The Morgan fingerprint density at radius 3 is 2.33 bits per heavy atom. The van der Waals surface area contributed by atoms with E-state index in [0.29, 0.717) is 12.3 Å². The van der Waals surface area contributed by atoms with Crippen LogP contribution in [0.5, 0.6) is 5.75 Å². The zero-order valence-electron chi connectivity index (χ0n) is 19.1. The molecule has 1 atom stereocenters. The monoisotopic (exact) mass is 437 g/mol. The molecule has 5 heteroatoms. The third kappa shape index (κ3) is 3.91. The summed E-state index contributed by atoms with van der Waals surface area (Å²) in [6.45, 7) is 6.68. The maximum Gasteiger partial charge on any atom is 0.273 e. The van der Waals surface area contributed by atoms with Crippen LogP contribution in [0.15, 0.2) is 78.9 Å². The zero-order valence-corrected chi connectivity index (χ0v) is 19.1. The highest BCUT2D eigenvalue weighted by molar-refractivity contribution is 6.00. The Morgan fingerprint density at radius 1 is 0.970 bits per heavy atom. The lowest BCUT2D eigenvalue weighted by Crippen LogP contribution is -2.35. The van der Waals surface area contributed by atoms with Crippen LogP contribution in [0, 0.1) is 6.92 Å². The Balaban J connectivity index is 1.48. The summed E-state index contributed by atoms with van der Waals surface area (Å²) in [4.78, 5) is 15.2. The molecule has 0 radical (unpaired) electrons.